The molecule has 0 radical (unpaired) electrons. The molecule has 29 heavy (non-hydrogen) atoms. The Morgan fingerprint density at radius 3 is 2.69 bits per heavy atom. The van der Waals surface area contributed by atoms with Gasteiger partial charge in [-0.05, 0) is 23.8 Å². The molecule has 3 aromatic rings. The predicted octanol–water partition coefficient (Wildman–Crippen LogP) is 1.67. The minimum Gasteiger partial charge on any atom is -0.476 e. The number of anilines is 1. The average Bonchev–Trinajstić information content (AvgIpc) is 3.14. The van der Waals surface area contributed by atoms with Crippen LogP contribution in [-0.4, -0.2) is 35.4 Å². The molecule has 2 aromatic carbocycles. The van der Waals surface area contributed by atoms with Crippen molar-refractivity contribution in [3.63, 3.8) is 0 Å². The SMILES string of the molecule is CC(=O)N1CC(C(=O)NNC(=O)Cc2c[nH]c3ccccc23)Oc2ccccc21. The van der Waals surface area contributed by atoms with Crippen LogP contribution in [-0.2, 0) is 20.8 Å². The number of benzene rings is 2. The lowest BCUT2D eigenvalue weighted by Crippen LogP contribution is -2.54. The van der Waals surface area contributed by atoms with Gasteiger partial charge in [0.25, 0.3) is 5.91 Å². The van der Waals surface area contributed by atoms with E-state index in [0.717, 1.165) is 16.5 Å². The zero-order valence-corrected chi connectivity index (χ0v) is 15.8. The number of carbonyl (C=O) groups excluding carboxylic acids is 3. The van der Waals surface area contributed by atoms with Gasteiger partial charge in [0.05, 0.1) is 18.7 Å². The number of amides is 3. The number of fused-ring (bicyclic) bond motifs is 2. The highest BCUT2D eigenvalue weighted by Gasteiger charge is 2.32. The Morgan fingerprint density at radius 1 is 1.10 bits per heavy atom. The molecule has 4 rings (SSSR count). The van der Waals surface area contributed by atoms with Gasteiger partial charge in [0, 0.05) is 24.0 Å². The fraction of sp³-hybridized carbons (Fsp3) is 0.190. The van der Waals surface area contributed by atoms with E-state index in [1.165, 1.54) is 11.8 Å². The average molecular weight is 392 g/mol. The summed E-state index contributed by atoms with van der Waals surface area (Å²) in [6.45, 7) is 1.50. The number of para-hydroxylation sites is 3. The van der Waals surface area contributed by atoms with Crippen molar-refractivity contribution in [3.05, 3.63) is 60.3 Å². The number of hydrogen-bond donors (Lipinski definition) is 3. The summed E-state index contributed by atoms with van der Waals surface area (Å²) in [7, 11) is 0. The van der Waals surface area contributed by atoms with Crippen LogP contribution in [0.1, 0.15) is 12.5 Å². The van der Waals surface area contributed by atoms with Crippen molar-refractivity contribution >= 4 is 34.3 Å². The number of rotatable bonds is 3. The van der Waals surface area contributed by atoms with Crippen LogP contribution < -0.4 is 20.5 Å². The third-order valence-corrected chi connectivity index (χ3v) is 4.80. The number of ether oxygens (including phenoxy) is 1. The molecule has 1 unspecified atom stereocenters. The molecule has 8 nitrogen and oxygen atoms in total. The molecular formula is C21H20N4O4. The summed E-state index contributed by atoms with van der Waals surface area (Å²) < 4.78 is 5.71. The largest absolute Gasteiger partial charge is 0.476 e. The van der Waals surface area contributed by atoms with E-state index in [1.54, 1.807) is 30.5 Å². The predicted molar refractivity (Wildman–Crippen MR) is 107 cm³/mol. The van der Waals surface area contributed by atoms with Crippen molar-refractivity contribution in [1.82, 2.24) is 15.8 Å². The summed E-state index contributed by atoms with van der Waals surface area (Å²) in [6.07, 6.45) is 0.957. The number of hydrazine groups is 1. The zero-order valence-electron chi connectivity index (χ0n) is 15.8. The summed E-state index contributed by atoms with van der Waals surface area (Å²) in [5, 5.41) is 0.957. The van der Waals surface area contributed by atoms with E-state index in [1.807, 2.05) is 24.3 Å². The lowest BCUT2D eigenvalue weighted by Gasteiger charge is -2.33. The molecule has 3 N–H and O–H groups in total. The fourth-order valence-electron chi connectivity index (χ4n) is 3.38. The van der Waals surface area contributed by atoms with E-state index in [2.05, 4.69) is 15.8 Å². The van der Waals surface area contributed by atoms with Gasteiger partial charge >= 0.3 is 0 Å². The van der Waals surface area contributed by atoms with Gasteiger partial charge in [0.15, 0.2) is 6.10 Å². The molecule has 3 amide bonds. The number of nitrogens with zero attached hydrogens (tertiary/aromatic N) is 1. The Balaban J connectivity index is 1.38. The third kappa shape index (κ3) is 3.77. The highest BCUT2D eigenvalue weighted by Crippen LogP contribution is 2.33. The van der Waals surface area contributed by atoms with Crippen LogP contribution in [0, 0.1) is 0 Å². The van der Waals surface area contributed by atoms with Crippen LogP contribution >= 0.6 is 0 Å². The Kier molecular flexibility index (Phi) is 4.90. The van der Waals surface area contributed by atoms with Crippen molar-refractivity contribution in [1.29, 1.82) is 0 Å². The number of aromatic amines is 1. The van der Waals surface area contributed by atoms with Gasteiger partial charge in [-0.1, -0.05) is 30.3 Å². The van der Waals surface area contributed by atoms with Crippen molar-refractivity contribution in [2.24, 2.45) is 0 Å². The van der Waals surface area contributed by atoms with Crippen LogP contribution in [0.4, 0.5) is 5.69 Å². The van der Waals surface area contributed by atoms with E-state index in [0.29, 0.717) is 11.4 Å². The molecule has 1 aliphatic heterocycles. The Labute approximate surface area is 166 Å². The first kappa shape index (κ1) is 18.5. The first-order valence-electron chi connectivity index (χ1n) is 9.20. The maximum atomic E-state index is 12.5. The van der Waals surface area contributed by atoms with Gasteiger partial charge in [-0.25, -0.2) is 0 Å². The molecule has 8 heteroatoms. The van der Waals surface area contributed by atoms with Gasteiger partial charge in [0.2, 0.25) is 11.8 Å². The first-order chi connectivity index (χ1) is 14.0. The molecule has 0 saturated heterocycles. The number of aromatic nitrogens is 1. The van der Waals surface area contributed by atoms with Crippen molar-refractivity contribution in [3.8, 4) is 5.75 Å². The van der Waals surface area contributed by atoms with Gasteiger partial charge in [0.1, 0.15) is 5.75 Å². The molecule has 0 bridgehead atoms. The normalized spacial score (nSPS) is 15.3. The number of hydrogen-bond acceptors (Lipinski definition) is 4. The maximum Gasteiger partial charge on any atom is 0.281 e. The molecule has 0 aliphatic carbocycles. The zero-order chi connectivity index (χ0) is 20.4. The van der Waals surface area contributed by atoms with Crippen molar-refractivity contribution in [2.45, 2.75) is 19.4 Å². The molecule has 0 fully saturated rings. The standard InChI is InChI=1S/C21H20N4O4/c1-13(26)25-12-19(29-18-9-5-4-8-17(18)25)21(28)24-23-20(27)10-14-11-22-16-7-3-2-6-15(14)16/h2-9,11,19,22H,10,12H2,1H3,(H,23,27)(H,24,28). The van der Waals surface area contributed by atoms with Crippen LogP contribution in [0.15, 0.2) is 54.7 Å². The van der Waals surface area contributed by atoms with E-state index >= 15 is 0 Å². The molecule has 1 aliphatic rings. The van der Waals surface area contributed by atoms with E-state index < -0.39 is 12.0 Å². The Morgan fingerprint density at radius 2 is 1.86 bits per heavy atom. The molecule has 1 aromatic heterocycles. The van der Waals surface area contributed by atoms with Crippen LogP contribution in [0.3, 0.4) is 0 Å². The summed E-state index contributed by atoms with van der Waals surface area (Å²) in [5.41, 5.74) is 7.20. The maximum absolute atomic E-state index is 12.5. The molecule has 148 valence electrons. The number of carbonyl (C=O) groups is 3. The molecule has 0 saturated carbocycles. The molecule has 2 heterocycles. The first-order valence-corrected chi connectivity index (χ1v) is 9.20. The van der Waals surface area contributed by atoms with Crippen molar-refractivity contribution in [2.75, 3.05) is 11.4 Å². The van der Waals surface area contributed by atoms with E-state index in [-0.39, 0.29) is 24.8 Å². The third-order valence-electron chi connectivity index (χ3n) is 4.80. The number of nitrogens with one attached hydrogen (secondary N) is 3. The van der Waals surface area contributed by atoms with Crippen LogP contribution in [0.25, 0.3) is 10.9 Å². The lowest BCUT2D eigenvalue weighted by molar-refractivity contribution is -0.133. The van der Waals surface area contributed by atoms with Gasteiger partial charge in [-0.2, -0.15) is 0 Å². The second-order valence-corrected chi connectivity index (χ2v) is 6.78. The van der Waals surface area contributed by atoms with Gasteiger partial charge < -0.3 is 14.6 Å². The van der Waals surface area contributed by atoms with E-state index in [4.69, 9.17) is 4.74 Å². The highest BCUT2D eigenvalue weighted by atomic mass is 16.5. The van der Waals surface area contributed by atoms with Crippen LogP contribution in [0.5, 0.6) is 5.75 Å². The summed E-state index contributed by atoms with van der Waals surface area (Å²) >= 11 is 0. The topological polar surface area (TPSA) is 104 Å². The molecule has 1 atom stereocenters. The van der Waals surface area contributed by atoms with Crippen molar-refractivity contribution < 1.29 is 19.1 Å². The minimum atomic E-state index is -0.929. The fourth-order valence-corrected chi connectivity index (χ4v) is 3.38. The monoisotopic (exact) mass is 392 g/mol. The quantitative estimate of drug-likeness (QED) is 0.590. The van der Waals surface area contributed by atoms with Crippen LogP contribution in [0.2, 0.25) is 0 Å². The Hall–Kier alpha value is -3.81. The highest BCUT2D eigenvalue weighted by molar-refractivity contribution is 5.96. The Bertz CT molecular complexity index is 1090. The summed E-state index contributed by atoms with van der Waals surface area (Å²) in [6, 6.07) is 14.7. The number of H-pyrrole nitrogens is 1. The molecular weight excluding hydrogens is 372 g/mol. The van der Waals surface area contributed by atoms with Gasteiger partial charge in [-0.15, -0.1) is 0 Å². The second kappa shape index (κ2) is 7.67. The summed E-state index contributed by atoms with van der Waals surface area (Å²) in [5.74, 6) is -0.637. The minimum absolute atomic E-state index is 0.0660. The summed E-state index contributed by atoms with van der Waals surface area (Å²) in [4.78, 5) is 41.3. The van der Waals surface area contributed by atoms with E-state index in [9.17, 15) is 14.4 Å². The lowest BCUT2D eigenvalue weighted by atomic mass is 10.1. The second-order valence-electron chi connectivity index (χ2n) is 6.78. The molecule has 0 spiro atoms. The van der Waals surface area contributed by atoms with Gasteiger partial charge in [-0.3, -0.25) is 25.2 Å². The smallest absolute Gasteiger partial charge is 0.281 e.